The number of nitrogens with zero attached hydrogens (tertiary/aromatic N) is 1. The van der Waals surface area contributed by atoms with Crippen molar-refractivity contribution in [2.45, 2.75) is 6.04 Å². The zero-order valence-corrected chi connectivity index (χ0v) is 7.74. The topological polar surface area (TPSA) is 29.5 Å². The van der Waals surface area contributed by atoms with E-state index in [1.54, 1.807) is 19.2 Å². The summed E-state index contributed by atoms with van der Waals surface area (Å²) in [5.41, 5.74) is 0.762. The van der Waals surface area contributed by atoms with E-state index in [-0.39, 0.29) is 18.0 Å². The number of hydrogen-bond acceptors (Lipinski definition) is 2. The van der Waals surface area contributed by atoms with E-state index in [2.05, 4.69) is 0 Å². The van der Waals surface area contributed by atoms with E-state index >= 15 is 0 Å². The highest BCUT2D eigenvalue weighted by atomic mass is 19.1. The number of likely N-dealkylation sites (N-methyl/N-ethyl adjacent to an activating group) is 1. The SMILES string of the molecule is CN1C(=O)OCC1c1cccc(F)c1. The van der Waals surface area contributed by atoms with Crippen molar-refractivity contribution < 1.29 is 13.9 Å². The van der Waals surface area contributed by atoms with Gasteiger partial charge in [0.1, 0.15) is 12.4 Å². The van der Waals surface area contributed by atoms with Crippen molar-refractivity contribution in [2.24, 2.45) is 0 Å². The van der Waals surface area contributed by atoms with Gasteiger partial charge in [-0.25, -0.2) is 9.18 Å². The van der Waals surface area contributed by atoms with Crippen LogP contribution < -0.4 is 0 Å². The van der Waals surface area contributed by atoms with E-state index in [1.807, 2.05) is 0 Å². The largest absolute Gasteiger partial charge is 0.447 e. The summed E-state index contributed by atoms with van der Waals surface area (Å²) in [4.78, 5) is 12.5. The summed E-state index contributed by atoms with van der Waals surface area (Å²) in [7, 11) is 1.64. The maximum absolute atomic E-state index is 12.9. The summed E-state index contributed by atoms with van der Waals surface area (Å²) in [6.45, 7) is 0.290. The predicted octanol–water partition coefficient (Wildman–Crippen LogP) is 1.95. The van der Waals surface area contributed by atoms with Crippen molar-refractivity contribution in [3.05, 3.63) is 35.6 Å². The minimum Gasteiger partial charge on any atom is -0.447 e. The normalized spacial score (nSPS) is 21.1. The number of rotatable bonds is 1. The first-order valence-electron chi connectivity index (χ1n) is 4.33. The number of amides is 1. The molecular weight excluding hydrogens is 185 g/mol. The molecule has 1 aliphatic rings. The zero-order chi connectivity index (χ0) is 10.1. The minimum atomic E-state index is -0.362. The highest BCUT2D eigenvalue weighted by molar-refractivity contribution is 5.70. The van der Waals surface area contributed by atoms with Crippen LogP contribution in [-0.2, 0) is 4.74 Å². The first-order chi connectivity index (χ1) is 6.68. The lowest BCUT2D eigenvalue weighted by atomic mass is 10.1. The smallest absolute Gasteiger partial charge is 0.410 e. The quantitative estimate of drug-likeness (QED) is 0.685. The molecule has 1 fully saturated rings. The number of cyclic esters (lactones) is 1. The van der Waals surface area contributed by atoms with Gasteiger partial charge in [-0.05, 0) is 17.7 Å². The van der Waals surface area contributed by atoms with Crippen molar-refractivity contribution in [3.63, 3.8) is 0 Å². The third-order valence-electron chi connectivity index (χ3n) is 2.35. The number of carbonyl (C=O) groups excluding carboxylic acids is 1. The molecule has 3 nitrogen and oxygen atoms in total. The molecule has 74 valence electrons. The van der Waals surface area contributed by atoms with Crippen LogP contribution in [0.25, 0.3) is 0 Å². The molecule has 1 saturated heterocycles. The fraction of sp³-hybridized carbons (Fsp3) is 0.300. The molecule has 1 atom stereocenters. The molecule has 1 aromatic carbocycles. The molecule has 1 amide bonds. The van der Waals surface area contributed by atoms with E-state index < -0.39 is 0 Å². The molecule has 1 aliphatic heterocycles. The lowest BCUT2D eigenvalue weighted by Gasteiger charge is -2.15. The molecule has 14 heavy (non-hydrogen) atoms. The molecule has 0 spiro atoms. The Kier molecular flexibility index (Phi) is 2.11. The van der Waals surface area contributed by atoms with Crippen LogP contribution in [0.15, 0.2) is 24.3 Å². The van der Waals surface area contributed by atoms with E-state index in [0.29, 0.717) is 6.61 Å². The van der Waals surface area contributed by atoms with Crippen molar-refractivity contribution in [2.75, 3.05) is 13.7 Å². The second kappa shape index (κ2) is 3.29. The van der Waals surface area contributed by atoms with Crippen LogP contribution in [0.4, 0.5) is 9.18 Å². The molecule has 0 aliphatic carbocycles. The fourth-order valence-corrected chi connectivity index (χ4v) is 1.52. The summed E-state index contributed by atoms with van der Waals surface area (Å²) < 4.78 is 17.7. The van der Waals surface area contributed by atoms with Gasteiger partial charge in [0.15, 0.2) is 0 Å². The van der Waals surface area contributed by atoms with Crippen LogP contribution in [0, 0.1) is 5.82 Å². The Balaban J connectivity index is 2.28. The van der Waals surface area contributed by atoms with Crippen LogP contribution in [0.2, 0.25) is 0 Å². The highest BCUT2D eigenvalue weighted by Gasteiger charge is 2.30. The molecule has 1 unspecified atom stereocenters. The van der Waals surface area contributed by atoms with E-state index in [4.69, 9.17) is 4.74 Å². The van der Waals surface area contributed by atoms with Gasteiger partial charge in [-0.1, -0.05) is 12.1 Å². The van der Waals surface area contributed by atoms with Gasteiger partial charge < -0.3 is 9.64 Å². The first kappa shape index (κ1) is 8.99. The second-order valence-corrected chi connectivity index (χ2v) is 3.26. The molecule has 1 aromatic rings. The Morgan fingerprint density at radius 1 is 1.57 bits per heavy atom. The Morgan fingerprint density at radius 3 is 2.93 bits per heavy atom. The second-order valence-electron chi connectivity index (χ2n) is 3.26. The minimum absolute atomic E-state index is 0.168. The predicted molar refractivity (Wildman–Crippen MR) is 48.3 cm³/mol. The van der Waals surface area contributed by atoms with Gasteiger partial charge in [-0.2, -0.15) is 0 Å². The number of benzene rings is 1. The molecule has 0 bridgehead atoms. The van der Waals surface area contributed by atoms with Crippen molar-refractivity contribution in [1.29, 1.82) is 0 Å². The standard InChI is InChI=1S/C10H10FNO2/c1-12-9(6-14-10(12)13)7-3-2-4-8(11)5-7/h2-5,9H,6H2,1H3. The van der Waals surface area contributed by atoms with Crippen LogP contribution in [0.1, 0.15) is 11.6 Å². The van der Waals surface area contributed by atoms with Gasteiger partial charge in [0, 0.05) is 7.05 Å². The van der Waals surface area contributed by atoms with E-state index in [0.717, 1.165) is 5.56 Å². The molecular formula is C10H10FNO2. The summed E-state index contributed by atoms with van der Waals surface area (Å²) >= 11 is 0. The summed E-state index contributed by atoms with van der Waals surface area (Å²) in [5.74, 6) is -0.296. The van der Waals surface area contributed by atoms with Gasteiger partial charge in [0.2, 0.25) is 0 Å². The lowest BCUT2D eigenvalue weighted by molar-refractivity contribution is 0.163. The lowest BCUT2D eigenvalue weighted by Crippen LogP contribution is -2.22. The maximum Gasteiger partial charge on any atom is 0.410 e. The Hall–Kier alpha value is -1.58. The zero-order valence-electron chi connectivity index (χ0n) is 7.74. The van der Waals surface area contributed by atoms with Gasteiger partial charge >= 0.3 is 6.09 Å². The summed E-state index contributed by atoms with van der Waals surface area (Å²) in [5, 5.41) is 0. The van der Waals surface area contributed by atoms with Crippen LogP contribution in [0.3, 0.4) is 0 Å². The average molecular weight is 195 g/mol. The number of halogens is 1. The molecule has 2 rings (SSSR count). The Morgan fingerprint density at radius 2 is 2.36 bits per heavy atom. The summed E-state index contributed by atoms with van der Waals surface area (Å²) in [6, 6.07) is 6.04. The van der Waals surface area contributed by atoms with Gasteiger partial charge in [-0.3, -0.25) is 0 Å². The van der Waals surface area contributed by atoms with E-state index in [1.165, 1.54) is 17.0 Å². The Labute approximate surface area is 81.1 Å². The molecule has 0 N–H and O–H groups in total. The molecule has 0 aromatic heterocycles. The Bertz CT molecular complexity index is 367. The number of carbonyl (C=O) groups is 1. The number of hydrogen-bond donors (Lipinski definition) is 0. The third kappa shape index (κ3) is 1.43. The monoisotopic (exact) mass is 195 g/mol. The molecule has 0 saturated carbocycles. The van der Waals surface area contributed by atoms with Gasteiger partial charge in [-0.15, -0.1) is 0 Å². The molecule has 4 heteroatoms. The van der Waals surface area contributed by atoms with Crippen LogP contribution in [-0.4, -0.2) is 24.6 Å². The molecule has 1 heterocycles. The first-order valence-corrected chi connectivity index (χ1v) is 4.33. The van der Waals surface area contributed by atoms with Crippen LogP contribution >= 0.6 is 0 Å². The van der Waals surface area contributed by atoms with E-state index in [9.17, 15) is 9.18 Å². The average Bonchev–Trinajstić information content (AvgIpc) is 2.48. The maximum atomic E-state index is 12.9. The van der Waals surface area contributed by atoms with Crippen molar-refractivity contribution in [1.82, 2.24) is 4.90 Å². The number of ether oxygens (including phenoxy) is 1. The van der Waals surface area contributed by atoms with Gasteiger partial charge in [0.25, 0.3) is 0 Å². The molecule has 0 radical (unpaired) electrons. The van der Waals surface area contributed by atoms with Crippen molar-refractivity contribution >= 4 is 6.09 Å². The highest BCUT2D eigenvalue weighted by Crippen LogP contribution is 2.25. The van der Waals surface area contributed by atoms with Gasteiger partial charge in [0.05, 0.1) is 6.04 Å². The summed E-state index contributed by atoms with van der Waals surface area (Å²) in [6.07, 6.45) is -0.362. The fourth-order valence-electron chi connectivity index (χ4n) is 1.52. The third-order valence-corrected chi connectivity index (χ3v) is 2.35. The van der Waals surface area contributed by atoms with Crippen LogP contribution in [0.5, 0.6) is 0 Å². The van der Waals surface area contributed by atoms with Crippen molar-refractivity contribution in [3.8, 4) is 0 Å².